The molecule has 0 spiro atoms. The fourth-order valence-electron chi connectivity index (χ4n) is 5.84. The van der Waals surface area contributed by atoms with Crippen molar-refractivity contribution in [2.75, 3.05) is 32.8 Å². The number of carbonyl (C=O) groups excluding carboxylic acids is 3. The van der Waals surface area contributed by atoms with Crippen molar-refractivity contribution in [3.63, 3.8) is 0 Å². The fraction of sp³-hybridized carbons (Fsp3) is 0.595. The van der Waals surface area contributed by atoms with Gasteiger partial charge >= 0.3 is 13.2 Å². The van der Waals surface area contributed by atoms with Crippen LogP contribution in [0.1, 0.15) is 78.9 Å². The number of benzene rings is 2. The molecule has 10 nitrogen and oxygen atoms in total. The Morgan fingerprint density at radius 1 is 0.896 bits per heavy atom. The Kier molecular flexibility index (Phi) is 12.7. The van der Waals surface area contributed by atoms with Gasteiger partial charge in [-0.15, -0.1) is 0 Å². The molecule has 2 aromatic rings. The van der Waals surface area contributed by atoms with Crippen LogP contribution in [0, 0.1) is 0 Å². The van der Waals surface area contributed by atoms with Crippen molar-refractivity contribution in [3.8, 4) is 0 Å². The van der Waals surface area contributed by atoms with Crippen molar-refractivity contribution in [3.05, 3.63) is 71.8 Å². The van der Waals surface area contributed by atoms with Crippen LogP contribution < -0.4 is 5.32 Å². The van der Waals surface area contributed by atoms with Crippen LogP contribution >= 0.6 is 0 Å². The second-order valence-corrected chi connectivity index (χ2v) is 14.7. The predicted molar refractivity (Wildman–Crippen MR) is 186 cm³/mol. The molecule has 262 valence electrons. The molecule has 48 heavy (non-hydrogen) atoms. The third-order valence-electron chi connectivity index (χ3n) is 9.51. The topological polar surface area (TPSA) is 107 Å². The van der Waals surface area contributed by atoms with E-state index >= 15 is 0 Å². The molecule has 2 aliphatic heterocycles. The lowest BCUT2D eigenvalue weighted by molar-refractivity contribution is -0.143. The maximum atomic E-state index is 14.2. The number of amides is 3. The molecule has 2 atom stereocenters. The Labute approximate surface area is 287 Å². The fourth-order valence-corrected chi connectivity index (χ4v) is 5.84. The van der Waals surface area contributed by atoms with Crippen LogP contribution in [0.15, 0.2) is 60.7 Å². The van der Waals surface area contributed by atoms with E-state index < -0.39 is 47.9 Å². The average molecular weight is 664 g/mol. The minimum atomic E-state index is -1.35. The van der Waals surface area contributed by atoms with Crippen molar-refractivity contribution < 1.29 is 33.2 Å². The van der Waals surface area contributed by atoms with Crippen molar-refractivity contribution in [1.82, 2.24) is 15.1 Å². The van der Waals surface area contributed by atoms with Crippen molar-refractivity contribution in [2.45, 2.75) is 109 Å². The summed E-state index contributed by atoms with van der Waals surface area (Å²) in [6.45, 7) is 15.7. The van der Waals surface area contributed by atoms with Gasteiger partial charge in [0.2, 0.25) is 5.91 Å². The number of ether oxygens (including phenoxy) is 2. The number of morpholine rings is 1. The number of rotatable bonds is 13. The van der Waals surface area contributed by atoms with Gasteiger partial charge in [0, 0.05) is 25.2 Å². The van der Waals surface area contributed by atoms with E-state index in [-0.39, 0.29) is 12.3 Å². The minimum Gasteiger partial charge on any atom is -0.435 e. The summed E-state index contributed by atoms with van der Waals surface area (Å²) in [5.74, 6) is -1.37. The molecular formula is C37H54BN3O7. The molecule has 4 rings (SSSR count). The summed E-state index contributed by atoms with van der Waals surface area (Å²) in [4.78, 5) is 44.7. The molecule has 3 amide bonds. The van der Waals surface area contributed by atoms with Crippen molar-refractivity contribution in [2.24, 2.45) is 0 Å². The van der Waals surface area contributed by atoms with Crippen LogP contribution in [0.4, 0.5) is 4.79 Å². The Balaban J connectivity index is 1.54. The Bertz CT molecular complexity index is 1330. The first-order valence-electron chi connectivity index (χ1n) is 17.2. The third kappa shape index (κ3) is 10.3. The summed E-state index contributed by atoms with van der Waals surface area (Å²) in [5, 5.41) is 3.09. The Morgan fingerprint density at radius 2 is 1.44 bits per heavy atom. The summed E-state index contributed by atoms with van der Waals surface area (Å²) in [6, 6.07) is 20.1. The number of carbonyl (C=O) groups is 3. The second kappa shape index (κ2) is 16.3. The lowest BCUT2D eigenvalue weighted by atomic mass is 9.75. The summed E-state index contributed by atoms with van der Waals surface area (Å²) in [5.41, 5.74) is 0.465. The monoisotopic (exact) mass is 663 g/mol. The number of nitrogens with zero attached hydrogens (tertiary/aromatic N) is 2. The van der Waals surface area contributed by atoms with Gasteiger partial charge in [-0.05, 0) is 85.3 Å². The van der Waals surface area contributed by atoms with E-state index in [1.54, 1.807) is 9.80 Å². The Morgan fingerprint density at radius 3 is 1.98 bits per heavy atom. The first kappa shape index (κ1) is 37.4. The van der Waals surface area contributed by atoms with Gasteiger partial charge in [-0.2, -0.15) is 0 Å². The summed E-state index contributed by atoms with van der Waals surface area (Å²) in [6.07, 6.45) is 0.450. The highest BCUT2D eigenvalue weighted by molar-refractivity contribution is 6.48. The Hall–Kier alpha value is -3.41. The zero-order valence-electron chi connectivity index (χ0n) is 29.8. The molecule has 0 aromatic heterocycles. The van der Waals surface area contributed by atoms with E-state index in [9.17, 15) is 14.4 Å². The molecule has 2 saturated heterocycles. The standard InChI is InChI=1S/C37H54BN3O7/c1-35(2,3)41(22-21-29-17-12-9-13-18-29)34(44)46-30(27-32(42)40-23-25-45-26-24-40)33(43)39-31(20-14-19-28-15-10-8-11-16-28)38-47-36(4,5)37(6,7)48-38/h8-13,15-18,30-31H,14,19-27H2,1-7H3,(H,39,43)/t30-,31+/m1/s1. The smallest absolute Gasteiger partial charge is 0.435 e. The SMILES string of the molecule is CC(C)(C)N(CCc1ccccc1)C(=O)O[C@H](CC(=O)N1CCOCC1)C(=O)N[C@@H](CCCc1ccccc1)B1OC(C)(C)C(C)(C)O1. The maximum Gasteiger partial charge on any atom is 0.481 e. The molecule has 2 aliphatic rings. The minimum absolute atomic E-state index is 0.269. The highest BCUT2D eigenvalue weighted by Gasteiger charge is 2.54. The predicted octanol–water partition coefficient (Wildman–Crippen LogP) is 5.22. The van der Waals surface area contributed by atoms with E-state index in [0.717, 1.165) is 18.4 Å². The zero-order valence-corrected chi connectivity index (χ0v) is 29.8. The molecule has 2 aromatic carbocycles. The molecule has 1 N–H and O–H groups in total. The van der Waals surface area contributed by atoms with Gasteiger partial charge in [0.25, 0.3) is 5.91 Å². The highest BCUT2D eigenvalue weighted by atomic mass is 16.7. The highest BCUT2D eigenvalue weighted by Crippen LogP contribution is 2.38. The van der Waals surface area contributed by atoms with Crippen LogP contribution in [0.25, 0.3) is 0 Å². The molecule has 0 saturated carbocycles. The van der Waals surface area contributed by atoms with Crippen molar-refractivity contribution in [1.29, 1.82) is 0 Å². The largest absolute Gasteiger partial charge is 0.481 e. The van der Waals surface area contributed by atoms with E-state index in [1.165, 1.54) is 5.56 Å². The lowest BCUT2D eigenvalue weighted by Gasteiger charge is -2.36. The molecule has 0 aliphatic carbocycles. The molecule has 2 heterocycles. The first-order chi connectivity index (χ1) is 22.7. The molecule has 0 radical (unpaired) electrons. The summed E-state index contributed by atoms with van der Waals surface area (Å²) < 4.78 is 24.2. The molecule has 0 bridgehead atoms. The molecule has 2 fully saturated rings. The van der Waals surface area contributed by atoms with Crippen LogP contribution in [0.5, 0.6) is 0 Å². The van der Waals surface area contributed by atoms with Gasteiger partial charge in [0.15, 0.2) is 6.10 Å². The number of hydrogen-bond acceptors (Lipinski definition) is 7. The second-order valence-electron chi connectivity index (χ2n) is 14.7. The van der Waals surface area contributed by atoms with Crippen LogP contribution in [-0.2, 0) is 41.2 Å². The van der Waals surface area contributed by atoms with E-state index in [0.29, 0.717) is 45.7 Å². The lowest BCUT2D eigenvalue weighted by Crippen LogP contribution is -2.54. The van der Waals surface area contributed by atoms with E-state index in [2.05, 4.69) is 17.4 Å². The normalized spacial score (nSPS) is 18.6. The molecular weight excluding hydrogens is 609 g/mol. The van der Waals surface area contributed by atoms with Gasteiger partial charge in [-0.25, -0.2) is 4.79 Å². The number of nitrogens with one attached hydrogen (secondary N) is 1. The quantitative estimate of drug-likeness (QED) is 0.293. The van der Waals surface area contributed by atoms with Crippen molar-refractivity contribution >= 4 is 25.0 Å². The van der Waals surface area contributed by atoms with Gasteiger partial charge < -0.3 is 33.9 Å². The summed E-state index contributed by atoms with van der Waals surface area (Å²) in [7, 11) is -0.724. The van der Waals surface area contributed by atoms with Crippen LogP contribution in [0.2, 0.25) is 0 Å². The van der Waals surface area contributed by atoms with E-state index in [4.69, 9.17) is 18.8 Å². The molecule has 0 unspecified atom stereocenters. The van der Waals surface area contributed by atoms with Gasteiger partial charge in [0.05, 0.1) is 36.8 Å². The summed E-state index contributed by atoms with van der Waals surface area (Å²) >= 11 is 0. The third-order valence-corrected chi connectivity index (χ3v) is 9.51. The molecule has 11 heteroatoms. The first-order valence-corrected chi connectivity index (χ1v) is 17.2. The van der Waals surface area contributed by atoms with Crippen LogP contribution in [0.3, 0.4) is 0 Å². The van der Waals surface area contributed by atoms with Crippen LogP contribution in [-0.4, -0.2) is 96.5 Å². The van der Waals surface area contributed by atoms with Gasteiger partial charge in [0.1, 0.15) is 0 Å². The van der Waals surface area contributed by atoms with E-state index in [1.807, 2.05) is 97.0 Å². The van der Waals surface area contributed by atoms with Gasteiger partial charge in [-0.1, -0.05) is 60.7 Å². The number of hydrogen-bond donors (Lipinski definition) is 1. The zero-order chi connectivity index (χ0) is 35.0. The average Bonchev–Trinajstić information content (AvgIpc) is 3.26. The van der Waals surface area contributed by atoms with Gasteiger partial charge in [-0.3, -0.25) is 9.59 Å². The number of aryl methyl sites for hydroxylation is 1. The maximum absolute atomic E-state index is 14.2.